The number of benzene rings is 2. The minimum Gasteiger partial charge on any atom is -0.493 e. The Bertz CT molecular complexity index is 562. The van der Waals surface area contributed by atoms with E-state index in [-0.39, 0.29) is 5.84 Å². The Morgan fingerprint density at radius 2 is 1.89 bits per heavy atom. The maximum absolute atomic E-state index is 8.42. The molecule has 0 aliphatic rings. The van der Waals surface area contributed by atoms with Crippen molar-refractivity contribution in [2.24, 2.45) is 10.9 Å². The molecule has 0 saturated carbocycles. The lowest BCUT2D eigenvalue weighted by molar-refractivity contribution is 0.307. The first-order chi connectivity index (χ1) is 9.31. The van der Waals surface area contributed by atoms with Crippen LogP contribution in [0.4, 0.5) is 0 Å². The van der Waals surface area contributed by atoms with Crippen molar-refractivity contribution in [1.29, 1.82) is 0 Å². The summed E-state index contributed by atoms with van der Waals surface area (Å²) in [5.74, 6) is 1.17. The fourth-order valence-corrected chi connectivity index (χ4v) is 1.96. The second-order valence-electron chi connectivity index (χ2n) is 4.37. The number of nitrogens with two attached hydrogens (primary N) is 1. The van der Waals surface area contributed by atoms with Crippen molar-refractivity contribution in [3.63, 3.8) is 0 Å². The van der Waals surface area contributed by atoms with Crippen LogP contribution in [0.15, 0.2) is 47.6 Å². The van der Waals surface area contributed by atoms with Crippen LogP contribution in [0, 0.1) is 0 Å². The maximum atomic E-state index is 8.42. The van der Waals surface area contributed by atoms with Crippen LogP contribution < -0.4 is 10.5 Å². The average Bonchev–Trinajstić information content (AvgIpc) is 2.46. The van der Waals surface area contributed by atoms with Crippen LogP contribution >= 0.6 is 0 Å². The topological polar surface area (TPSA) is 67.8 Å². The molecule has 0 amide bonds. The summed E-state index contributed by atoms with van der Waals surface area (Å²) < 4.78 is 5.79. The van der Waals surface area contributed by atoms with Crippen molar-refractivity contribution in [3.8, 4) is 5.75 Å². The summed E-state index contributed by atoms with van der Waals surface area (Å²) in [7, 11) is 0. The number of amidine groups is 1. The molecule has 2 rings (SSSR count). The van der Waals surface area contributed by atoms with Gasteiger partial charge in [0.25, 0.3) is 0 Å². The van der Waals surface area contributed by atoms with Gasteiger partial charge in [0, 0.05) is 11.8 Å². The molecule has 0 radical (unpaired) electrons. The molecule has 4 nitrogen and oxygen atoms in total. The Morgan fingerprint density at radius 3 is 2.74 bits per heavy atom. The highest BCUT2D eigenvalue weighted by molar-refractivity contribution is 5.88. The number of ether oxygens (including phenoxy) is 1. The van der Waals surface area contributed by atoms with E-state index in [2.05, 4.69) is 23.4 Å². The molecule has 19 heavy (non-hydrogen) atoms. The first-order valence-corrected chi connectivity index (χ1v) is 6.38. The largest absolute Gasteiger partial charge is 0.493 e. The van der Waals surface area contributed by atoms with Crippen molar-refractivity contribution in [2.75, 3.05) is 6.61 Å². The number of rotatable bonds is 6. The zero-order valence-electron chi connectivity index (χ0n) is 10.7. The lowest BCUT2D eigenvalue weighted by Gasteiger charge is -2.09. The molecule has 3 N–H and O–H groups in total. The Kier molecular flexibility index (Phi) is 4.61. The van der Waals surface area contributed by atoms with E-state index in [1.165, 1.54) is 5.39 Å². The van der Waals surface area contributed by atoms with Gasteiger partial charge in [-0.15, -0.1) is 0 Å². The van der Waals surface area contributed by atoms with Crippen LogP contribution in [0.5, 0.6) is 5.75 Å². The van der Waals surface area contributed by atoms with Gasteiger partial charge in [0.05, 0.1) is 6.61 Å². The monoisotopic (exact) mass is 258 g/mol. The molecule has 100 valence electrons. The zero-order chi connectivity index (χ0) is 13.5. The predicted molar refractivity (Wildman–Crippen MR) is 76.7 cm³/mol. The summed E-state index contributed by atoms with van der Waals surface area (Å²) in [6.07, 6.45) is 2.31. The van der Waals surface area contributed by atoms with Gasteiger partial charge in [-0.05, 0) is 24.3 Å². The number of hydrogen-bond donors (Lipinski definition) is 2. The van der Waals surface area contributed by atoms with Crippen molar-refractivity contribution in [3.05, 3.63) is 42.5 Å². The van der Waals surface area contributed by atoms with Gasteiger partial charge in [-0.25, -0.2) is 0 Å². The zero-order valence-corrected chi connectivity index (χ0v) is 10.7. The van der Waals surface area contributed by atoms with Crippen LogP contribution in [0.2, 0.25) is 0 Å². The van der Waals surface area contributed by atoms with Crippen molar-refractivity contribution in [2.45, 2.75) is 19.3 Å². The molecule has 0 heterocycles. The van der Waals surface area contributed by atoms with E-state index < -0.39 is 0 Å². The highest BCUT2D eigenvalue weighted by atomic mass is 16.5. The average molecular weight is 258 g/mol. The Labute approximate surface area is 112 Å². The van der Waals surface area contributed by atoms with Crippen LogP contribution in [0.3, 0.4) is 0 Å². The third kappa shape index (κ3) is 3.61. The summed E-state index contributed by atoms with van der Waals surface area (Å²) in [5.41, 5.74) is 5.40. The lowest BCUT2D eigenvalue weighted by Crippen LogP contribution is -2.11. The molecule has 0 aliphatic heterocycles. The second-order valence-corrected chi connectivity index (χ2v) is 4.37. The van der Waals surface area contributed by atoms with E-state index >= 15 is 0 Å². The Morgan fingerprint density at radius 1 is 1.11 bits per heavy atom. The van der Waals surface area contributed by atoms with Crippen molar-refractivity contribution < 1.29 is 9.94 Å². The quantitative estimate of drug-likeness (QED) is 0.275. The molecule has 2 aromatic rings. The molecular formula is C15H18N2O2. The van der Waals surface area contributed by atoms with Gasteiger partial charge in [0.1, 0.15) is 11.6 Å². The molecule has 0 unspecified atom stereocenters. The summed E-state index contributed by atoms with van der Waals surface area (Å²) >= 11 is 0. The summed E-state index contributed by atoms with van der Waals surface area (Å²) in [5, 5.41) is 13.7. The fourth-order valence-electron chi connectivity index (χ4n) is 1.96. The number of oxime groups is 1. The molecule has 0 aromatic heterocycles. The number of unbranched alkanes of at least 4 members (excludes halogenated alkanes) is 1. The Hall–Kier alpha value is -2.23. The summed E-state index contributed by atoms with van der Waals surface area (Å²) in [4.78, 5) is 0. The highest BCUT2D eigenvalue weighted by Gasteiger charge is 2.01. The van der Waals surface area contributed by atoms with Gasteiger partial charge >= 0.3 is 0 Å². The van der Waals surface area contributed by atoms with Gasteiger partial charge < -0.3 is 15.7 Å². The smallest absolute Gasteiger partial charge is 0.139 e. The highest BCUT2D eigenvalue weighted by Crippen LogP contribution is 2.25. The normalized spacial score (nSPS) is 11.7. The maximum Gasteiger partial charge on any atom is 0.139 e. The fraction of sp³-hybridized carbons (Fsp3) is 0.267. The predicted octanol–water partition coefficient (Wildman–Crippen LogP) is 3.14. The van der Waals surface area contributed by atoms with Crippen LogP contribution in [-0.4, -0.2) is 17.6 Å². The number of nitrogens with zero attached hydrogens (tertiary/aromatic N) is 1. The SMILES string of the molecule is N/C(CCCCOc1cccc2ccccc12)=N/O. The van der Waals surface area contributed by atoms with Crippen molar-refractivity contribution >= 4 is 16.6 Å². The minimum atomic E-state index is 0.269. The van der Waals surface area contributed by atoms with E-state index in [1.807, 2.05) is 24.3 Å². The minimum absolute atomic E-state index is 0.269. The van der Waals surface area contributed by atoms with Crippen LogP contribution in [0.25, 0.3) is 10.8 Å². The van der Waals surface area contributed by atoms with Crippen molar-refractivity contribution in [1.82, 2.24) is 0 Å². The van der Waals surface area contributed by atoms with Gasteiger partial charge in [-0.3, -0.25) is 0 Å². The molecule has 0 bridgehead atoms. The van der Waals surface area contributed by atoms with E-state index in [1.54, 1.807) is 0 Å². The molecule has 4 heteroatoms. The third-order valence-corrected chi connectivity index (χ3v) is 2.96. The molecule has 0 fully saturated rings. The first-order valence-electron chi connectivity index (χ1n) is 6.38. The van der Waals surface area contributed by atoms with Crippen LogP contribution in [-0.2, 0) is 0 Å². The lowest BCUT2D eigenvalue weighted by atomic mass is 10.1. The molecule has 0 spiro atoms. The van der Waals surface area contributed by atoms with E-state index in [4.69, 9.17) is 15.7 Å². The number of fused-ring (bicyclic) bond motifs is 1. The van der Waals surface area contributed by atoms with Crippen LogP contribution in [0.1, 0.15) is 19.3 Å². The molecule has 0 aliphatic carbocycles. The first kappa shape index (κ1) is 13.2. The number of hydrogen-bond acceptors (Lipinski definition) is 3. The van der Waals surface area contributed by atoms with Gasteiger partial charge in [-0.2, -0.15) is 0 Å². The standard InChI is InChI=1S/C15H18N2O2/c16-15(17-18)10-3-4-11-19-14-9-5-7-12-6-1-2-8-13(12)14/h1-2,5-9,18H,3-4,10-11H2,(H2,16,17). The third-order valence-electron chi connectivity index (χ3n) is 2.96. The Balaban J connectivity index is 1.88. The van der Waals surface area contributed by atoms with E-state index in [0.29, 0.717) is 13.0 Å². The molecule has 0 saturated heterocycles. The summed E-state index contributed by atoms with van der Waals surface area (Å²) in [6.45, 7) is 0.632. The van der Waals surface area contributed by atoms with E-state index in [0.717, 1.165) is 24.0 Å². The summed E-state index contributed by atoms with van der Waals surface area (Å²) in [6, 6.07) is 14.2. The molecular weight excluding hydrogens is 240 g/mol. The van der Waals surface area contributed by atoms with Gasteiger partial charge in [-0.1, -0.05) is 41.6 Å². The molecule has 0 atom stereocenters. The molecule has 2 aromatic carbocycles. The van der Waals surface area contributed by atoms with Gasteiger partial charge in [0.15, 0.2) is 0 Å². The van der Waals surface area contributed by atoms with E-state index in [9.17, 15) is 0 Å². The second kappa shape index (κ2) is 6.64. The van der Waals surface area contributed by atoms with Gasteiger partial charge in [0.2, 0.25) is 0 Å².